The fraction of sp³-hybridized carbons (Fsp3) is 0.348. The number of methoxy groups -OCH3 is 1. The van der Waals surface area contributed by atoms with Gasteiger partial charge in [-0.15, -0.1) is 0 Å². The van der Waals surface area contributed by atoms with Crippen LogP contribution in [0.1, 0.15) is 32.0 Å². The van der Waals surface area contributed by atoms with Crippen molar-refractivity contribution < 1.29 is 9.47 Å². The maximum absolute atomic E-state index is 13.5. The first kappa shape index (κ1) is 20.6. The van der Waals surface area contributed by atoms with Gasteiger partial charge in [-0.1, -0.05) is 23.9 Å². The summed E-state index contributed by atoms with van der Waals surface area (Å²) in [5.41, 5.74) is 3.69. The van der Waals surface area contributed by atoms with Crippen LogP contribution in [0.3, 0.4) is 0 Å². The number of hydrogen-bond acceptors (Lipinski definition) is 6. The van der Waals surface area contributed by atoms with Gasteiger partial charge in [0.2, 0.25) is 0 Å². The summed E-state index contributed by atoms with van der Waals surface area (Å²) < 4.78 is 12.8. The quantitative estimate of drug-likeness (QED) is 0.346. The van der Waals surface area contributed by atoms with Crippen LogP contribution in [0, 0.1) is 0 Å². The van der Waals surface area contributed by atoms with Crippen molar-refractivity contribution in [3.63, 3.8) is 0 Å². The highest BCUT2D eigenvalue weighted by atomic mass is 32.2. The number of thioether (sulfide) groups is 1. The van der Waals surface area contributed by atoms with Gasteiger partial charge in [-0.3, -0.25) is 9.36 Å². The Morgan fingerprint density at radius 3 is 2.70 bits per heavy atom. The number of rotatable bonds is 5. The number of hydrogen-bond donors (Lipinski definition) is 0. The van der Waals surface area contributed by atoms with Crippen LogP contribution in [0.25, 0.3) is 16.7 Å². The molecule has 0 bridgehead atoms. The lowest BCUT2D eigenvalue weighted by molar-refractivity contribution is -0.0411. The number of benzene rings is 1. The first-order chi connectivity index (χ1) is 14.3. The molecule has 0 N–H and O–H groups in total. The van der Waals surface area contributed by atoms with Gasteiger partial charge in [-0.25, -0.2) is 9.97 Å². The van der Waals surface area contributed by atoms with Crippen molar-refractivity contribution >= 4 is 22.8 Å². The minimum absolute atomic E-state index is 0.144. The molecule has 0 aliphatic carbocycles. The summed E-state index contributed by atoms with van der Waals surface area (Å²) in [6, 6.07) is 9.27. The van der Waals surface area contributed by atoms with Crippen LogP contribution in [-0.4, -0.2) is 33.0 Å². The summed E-state index contributed by atoms with van der Waals surface area (Å²) in [6.07, 6.45) is 0.690. The molecular weight excluding hydrogens is 398 g/mol. The third-order valence-electron chi connectivity index (χ3n) is 4.99. The lowest BCUT2D eigenvalue weighted by atomic mass is 9.95. The van der Waals surface area contributed by atoms with E-state index in [1.54, 1.807) is 11.7 Å². The SMILES string of the molecule is C=C(C)CSc1nc2nc3c(cc2c(=O)n1-c1ccc(OC)cc1)COC(C)(C)C3. The summed E-state index contributed by atoms with van der Waals surface area (Å²) in [6.45, 7) is 10.5. The standard InChI is InChI=1S/C23H25N3O3S/c1-14(2)13-30-22-25-20-18(10-15-12-29-23(3,4)11-19(15)24-20)21(27)26(22)16-6-8-17(28-5)9-7-16/h6-10H,1,11-13H2,2-5H3. The molecule has 0 spiro atoms. The molecule has 3 aromatic rings. The number of nitrogens with zero attached hydrogens (tertiary/aromatic N) is 3. The summed E-state index contributed by atoms with van der Waals surface area (Å²) >= 11 is 1.48. The number of ether oxygens (including phenoxy) is 2. The van der Waals surface area contributed by atoms with Crippen LogP contribution >= 0.6 is 11.8 Å². The van der Waals surface area contributed by atoms with Gasteiger partial charge in [0.1, 0.15) is 5.75 Å². The number of aromatic nitrogens is 3. The van der Waals surface area contributed by atoms with E-state index in [0.717, 1.165) is 28.3 Å². The molecule has 3 heterocycles. The Balaban J connectivity index is 1.91. The van der Waals surface area contributed by atoms with Crippen LogP contribution in [0.5, 0.6) is 5.75 Å². The third-order valence-corrected chi connectivity index (χ3v) is 6.16. The van der Waals surface area contributed by atoms with E-state index >= 15 is 0 Å². The zero-order chi connectivity index (χ0) is 21.5. The van der Waals surface area contributed by atoms with Crippen LogP contribution in [0.15, 0.2) is 52.4 Å². The van der Waals surface area contributed by atoms with Crippen molar-refractivity contribution in [2.75, 3.05) is 12.9 Å². The second-order valence-electron chi connectivity index (χ2n) is 8.17. The monoisotopic (exact) mass is 423 g/mol. The van der Waals surface area contributed by atoms with Crippen LogP contribution < -0.4 is 10.3 Å². The van der Waals surface area contributed by atoms with E-state index in [-0.39, 0.29) is 11.2 Å². The van der Waals surface area contributed by atoms with Crippen LogP contribution in [0.2, 0.25) is 0 Å². The summed E-state index contributed by atoms with van der Waals surface area (Å²) in [7, 11) is 1.62. The molecule has 2 aromatic heterocycles. The molecule has 0 radical (unpaired) electrons. The molecule has 1 aliphatic rings. The van der Waals surface area contributed by atoms with Crippen molar-refractivity contribution in [3.05, 3.63) is 64.1 Å². The number of fused-ring (bicyclic) bond motifs is 2. The first-order valence-corrected chi connectivity index (χ1v) is 10.8. The van der Waals surface area contributed by atoms with E-state index in [9.17, 15) is 4.79 Å². The third kappa shape index (κ3) is 4.00. The largest absolute Gasteiger partial charge is 0.497 e. The molecule has 1 aromatic carbocycles. The summed E-state index contributed by atoms with van der Waals surface area (Å²) in [5.74, 6) is 1.40. The van der Waals surface area contributed by atoms with E-state index < -0.39 is 0 Å². The van der Waals surface area contributed by atoms with E-state index in [1.807, 2.05) is 51.1 Å². The second-order valence-corrected chi connectivity index (χ2v) is 9.11. The lowest BCUT2D eigenvalue weighted by Crippen LogP contribution is -2.33. The molecular formula is C23H25N3O3S. The van der Waals surface area contributed by atoms with Crippen molar-refractivity contribution in [2.24, 2.45) is 0 Å². The maximum Gasteiger partial charge on any atom is 0.268 e. The van der Waals surface area contributed by atoms with Crippen molar-refractivity contribution in [1.29, 1.82) is 0 Å². The zero-order valence-corrected chi connectivity index (χ0v) is 18.5. The molecule has 156 valence electrons. The van der Waals surface area contributed by atoms with Gasteiger partial charge in [0, 0.05) is 17.7 Å². The molecule has 1 aliphatic heterocycles. The molecule has 0 unspecified atom stereocenters. The Bertz CT molecular complexity index is 1180. The average molecular weight is 424 g/mol. The zero-order valence-electron chi connectivity index (χ0n) is 17.7. The highest BCUT2D eigenvalue weighted by Crippen LogP contribution is 2.29. The molecule has 0 amide bonds. The molecule has 6 nitrogen and oxygen atoms in total. The normalized spacial score (nSPS) is 15.1. The second kappa shape index (κ2) is 7.89. The average Bonchev–Trinajstić information content (AvgIpc) is 2.71. The fourth-order valence-corrected chi connectivity index (χ4v) is 4.27. The van der Waals surface area contributed by atoms with Gasteiger partial charge < -0.3 is 9.47 Å². The molecule has 30 heavy (non-hydrogen) atoms. The van der Waals surface area contributed by atoms with Gasteiger partial charge in [-0.2, -0.15) is 0 Å². The highest BCUT2D eigenvalue weighted by molar-refractivity contribution is 7.99. The van der Waals surface area contributed by atoms with Gasteiger partial charge in [-0.05, 0) is 51.1 Å². The first-order valence-electron chi connectivity index (χ1n) is 9.78. The maximum atomic E-state index is 13.5. The summed E-state index contributed by atoms with van der Waals surface area (Å²) in [5, 5.41) is 1.09. The Morgan fingerprint density at radius 1 is 1.30 bits per heavy atom. The molecule has 0 fully saturated rings. The van der Waals surface area contributed by atoms with E-state index in [1.165, 1.54) is 11.8 Å². The number of pyridine rings is 1. The highest BCUT2D eigenvalue weighted by Gasteiger charge is 2.28. The van der Waals surface area contributed by atoms with E-state index in [2.05, 4.69) is 6.58 Å². The van der Waals surface area contributed by atoms with Crippen LogP contribution in [-0.2, 0) is 17.8 Å². The Morgan fingerprint density at radius 2 is 2.03 bits per heavy atom. The predicted octanol–water partition coefficient (Wildman–Crippen LogP) is 4.31. The molecule has 7 heteroatoms. The van der Waals surface area contributed by atoms with Gasteiger partial charge >= 0.3 is 0 Å². The predicted molar refractivity (Wildman–Crippen MR) is 120 cm³/mol. The van der Waals surface area contributed by atoms with Crippen molar-refractivity contribution in [1.82, 2.24) is 14.5 Å². The van der Waals surface area contributed by atoms with E-state index in [4.69, 9.17) is 19.4 Å². The Hall–Kier alpha value is -2.64. The molecule has 4 rings (SSSR count). The summed E-state index contributed by atoms with van der Waals surface area (Å²) in [4.78, 5) is 23.1. The van der Waals surface area contributed by atoms with Gasteiger partial charge in [0.15, 0.2) is 10.8 Å². The van der Waals surface area contributed by atoms with Crippen molar-refractivity contribution in [3.8, 4) is 11.4 Å². The smallest absolute Gasteiger partial charge is 0.268 e. The van der Waals surface area contributed by atoms with Gasteiger partial charge in [0.25, 0.3) is 5.56 Å². The lowest BCUT2D eigenvalue weighted by Gasteiger charge is -2.31. The Kier molecular flexibility index (Phi) is 5.42. The molecule has 0 atom stereocenters. The minimum Gasteiger partial charge on any atom is -0.497 e. The minimum atomic E-state index is -0.275. The van der Waals surface area contributed by atoms with Crippen LogP contribution in [0.4, 0.5) is 0 Å². The van der Waals surface area contributed by atoms with Crippen molar-refractivity contribution in [2.45, 2.75) is 44.6 Å². The van der Waals surface area contributed by atoms with E-state index in [0.29, 0.717) is 35.0 Å². The molecule has 0 saturated heterocycles. The topological polar surface area (TPSA) is 66.2 Å². The van der Waals surface area contributed by atoms with Gasteiger partial charge in [0.05, 0.1) is 36.1 Å². The fourth-order valence-electron chi connectivity index (χ4n) is 3.42. The Labute approximate surface area is 180 Å². The molecule has 0 saturated carbocycles.